The summed E-state index contributed by atoms with van der Waals surface area (Å²) in [6.07, 6.45) is 0. The molecule has 8 heteroatoms. The van der Waals surface area contributed by atoms with Crippen LogP contribution in [0.4, 0.5) is 4.39 Å². The van der Waals surface area contributed by atoms with Crippen LogP contribution in [0.2, 0.25) is 0 Å². The van der Waals surface area contributed by atoms with Crippen LogP contribution in [0.25, 0.3) is 16.7 Å². The van der Waals surface area contributed by atoms with Crippen molar-refractivity contribution in [3.05, 3.63) is 80.7 Å². The van der Waals surface area contributed by atoms with Crippen LogP contribution in [0.1, 0.15) is 5.56 Å². The first-order valence-electron chi connectivity index (χ1n) is 7.82. The normalized spacial score (nSPS) is 11.1. The van der Waals surface area contributed by atoms with E-state index in [4.69, 9.17) is 5.26 Å². The Morgan fingerprint density at radius 3 is 2.54 bits per heavy atom. The SMILES string of the molecule is N#CCn1nc2n(Cc3ccc(F)cc3)c(=O)c3ccccc3n2c1=O. The molecule has 0 bridgehead atoms. The van der Waals surface area contributed by atoms with E-state index in [2.05, 4.69) is 5.10 Å². The van der Waals surface area contributed by atoms with Crippen molar-refractivity contribution in [3.8, 4) is 6.07 Å². The van der Waals surface area contributed by atoms with Gasteiger partial charge in [0, 0.05) is 0 Å². The first kappa shape index (κ1) is 15.8. The summed E-state index contributed by atoms with van der Waals surface area (Å²) in [5, 5.41) is 13.4. The van der Waals surface area contributed by atoms with Crippen molar-refractivity contribution in [2.45, 2.75) is 13.1 Å². The van der Waals surface area contributed by atoms with E-state index in [-0.39, 0.29) is 30.2 Å². The monoisotopic (exact) mass is 349 g/mol. The third-order valence-corrected chi connectivity index (χ3v) is 4.16. The molecule has 2 aromatic heterocycles. The molecule has 0 atom stereocenters. The zero-order chi connectivity index (χ0) is 18.3. The number of nitrogens with zero attached hydrogens (tertiary/aromatic N) is 5. The molecule has 0 fully saturated rings. The van der Waals surface area contributed by atoms with Gasteiger partial charge >= 0.3 is 5.69 Å². The number of rotatable bonds is 3. The lowest BCUT2D eigenvalue weighted by Gasteiger charge is -2.09. The molecule has 4 rings (SSSR count). The van der Waals surface area contributed by atoms with E-state index in [0.29, 0.717) is 16.5 Å². The number of halogens is 1. The van der Waals surface area contributed by atoms with Crippen molar-refractivity contribution in [1.82, 2.24) is 18.7 Å². The molecule has 2 heterocycles. The molecule has 128 valence electrons. The molecule has 4 aromatic rings. The van der Waals surface area contributed by atoms with Gasteiger partial charge in [0.25, 0.3) is 5.56 Å². The molecule has 0 aliphatic heterocycles. The Hall–Kier alpha value is -3.73. The Kier molecular flexibility index (Phi) is 3.62. The van der Waals surface area contributed by atoms with Gasteiger partial charge < -0.3 is 0 Å². The molecule has 0 amide bonds. The van der Waals surface area contributed by atoms with E-state index >= 15 is 0 Å². The fourth-order valence-electron chi connectivity index (χ4n) is 2.95. The molecule has 0 aliphatic rings. The second-order valence-corrected chi connectivity index (χ2v) is 5.77. The van der Waals surface area contributed by atoms with Crippen molar-refractivity contribution >= 4 is 16.7 Å². The van der Waals surface area contributed by atoms with Crippen molar-refractivity contribution in [1.29, 1.82) is 5.26 Å². The molecule has 0 N–H and O–H groups in total. The summed E-state index contributed by atoms with van der Waals surface area (Å²) in [6, 6.07) is 14.3. The highest BCUT2D eigenvalue weighted by molar-refractivity contribution is 5.80. The van der Waals surface area contributed by atoms with Crippen molar-refractivity contribution in [3.63, 3.8) is 0 Å². The average molecular weight is 349 g/mol. The highest BCUT2D eigenvalue weighted by Crippen LogP contribution is 2.12. The van der Waals surface area contributed by atoms with Crippen molar-refractivity contribution < 1.29 is 4.39 Å². The average Bonchev–Trinajstić information content (AvgIpc) is 2.97. The first-order chi connectivity index (χ1) is 12.6. The van der Waals surface area contributed by atoms with Crippen LogP contribution in [0.15, 0.2) is 58.1 Å². The number of nitriles is 1. The van der Waals surface area contributed by atoms with Crippen LogP contribution < -0.4 is 11.2 Å². The van der Waals surface area contributed by atoms with Gasteiger partial charge in [0.05, 0.1) is 23.5 Å². The maximum Gasteiger partial charge on any atom is 0.353 e. The third kappa shape index (κ3) is 2.38. The number of fused-ring (bicyclic) bond motifs is 3. The highest BCUT2D eigenvalue weighted by atomic mass is 19.1. The molecular weight excluding hydrogens is 337 g/mol. The topological polar surface area (TPSA) is 85.1 Å². The van der Waals surface area contributed by atoms with Gasteiger partial charge in [-0.05, 0) is 29.8 Å². The predicted octanol–water partition coefficient (Wildman–Crippen LogP) is 1.52. The van der Waals surface area contributed by atoms with E-state index in [0.717, 1.165) is 4.68 Å². The summed E-state index contributed by atoms with van der Waals surface area (Å²) >= 11 is 0. The fourth-order valence-corrected chi connectivity index (χ4v) is 2.95. The lowest BCUT2D eigenvalue weighted by atomic mass is 10.2. The fraction of sp³-hybridized carbons (Fsp3) is 0.111. The minimum Gasteiger partial charge on any atom is -0.272 e. The molecule has 2 aromatic carbocycles. The Morgan fingerprint density at radius 1 is 1.08 bits per heavy atom. The van der Waals surface area contributed by atoms with Gasteiger partial charge in [-0.2, -0.15) is 9.94 Å². The Morgan fingerprint density at radius 2 is 1.81 bits per heavy atom. The van der Waals surface area contributed by atoms with Gasteiger partial charge in [0.15, 0.2) is 0 Å². The van der Waals surface area contributed by atoms with E-state index in [1.165, 1.54) is 21.1 Å². The number of benzene rings is 2. The second-order valence-electron chi connectivity index (χ2n) is 5.77. The number of hydrogen-bond donors (Lipinski definition) is 0. The predicted molar refractivity (Wildman–Crippen MR) is 92.3 cm³/mol. The van der Waals surface area contributed by atoms with E-state index in [1.807, 2.05) is 6.07 Å². The Labute approximate surface area is 145 Å². The zero-order valence-electron chi connectivity index (χ0n) is 13.5. The number of aromatic nitrogens is 4. The van der Waals surface area contributed by atoms with Crippen molar-refractivity contribution in [2.24, 2.45) is 0 Å². The number of hydrogen-bond acceptors (Lipinski definition) is 4. The van der Waals surface area contributed by atoms with Gasteiger partial charge in [-0.25, -0.2) is 13.6 Å². The summed E-state index contributed by atoms with van der Waals surface area (Å²) in [5.41, 5.74) is 0.308. The molecule has 0 radical (unpaired) electrons. The van der Waals surface area contributed by atoms with Crippen LogP contribution in [0.5, 0.6) is 0 Å². The minimum absolute atomic E-state index is 0.121. The summed E-state index contributed by atoms with van der Waals surface area (Å²) < 4.78 is 16.8. The molecular formula is C18H12FN5O2. The minimum atomic E-state index is -0.495. The molecule has 26 heavy (non-hydrogen) atoms. The van der Waals surface area contributed by atoms with Gasteiger partial charge in [0.2, 0.25) is 5.78 Å². The van der Waals surface area contributed by atoms with E-state index < -0.39 is 5.69 Å². The molecule has 7 nitrogen and oxygen atoms in total. The lowest BCUT2D eigenvalue weighted by Crippen LogP contribution is -2.26. The summed E-state index contributed by atoms with van der Waals surface area (Å²) in [6.45, 7) is -0.101. The maximum atomic E-state index is 13.1. The van der Waals surface area contributed by atoms with E-state index in [1.54, 1.807) is 36.4 Å². The van der Waals surface area contributed by atoms with E-state index in [9.17, 15) is 14.0 Å². The van der Waals surface area contributed by atoms with Crippen LogP contribution in [0.3, 0.4) is 0 Å². The van der Waals surface area contributed by atoms with Gasteiger partial charge in [-0.1, -0.05) is 24.3 Å². The highest BCUT2D eigenvalue weighted by Gasteiger charge is 2.17. The van der Waals surface area contributed by atoms with Crippen LogP contribution >= 0.6 is 0 Å². The largest absolute Gasteiger partial charge is 0.353 e. The van der Waals surface area contributed by atoms with Gasteiger partial charge in [0.1, 0.15) is 12.4 Å². The Balaban J connectivity index is 2.07. The maximum absolute atomic E-state index is 13.1. The first-order valence-corrected chi connectivity index (χ1v) is 7.82. The Bertz CT molecular complexity index is 1290. The second kappa shape index (κ2) is 5.97. The lowest BCUT2D eigenvalue weighted by molar-refractivity contribution is 0.626. The van der Waals surface area contributed by atoms with Crippen LogP contribution in [0, 0.1) is 17.1 Å². The van der Waals surface area contributed by atoms with Gasteiger partial charge in [-0.3, -0.25) is 9.36 Å². The van der Waals surface area contributed by atoms with Crippen LogP contribution in [-0.2, 0) is 13.1 Å². The number of para-hydroxylation sites is 1. The quantitative estimate of drug-likeness (QED) is 0.561. The van der Waals surface area contributed by atoms with Gasteiger partial charge in [-0.15, -0.1) is 5.10 Å². The van der Waals surface area contributed by atoms with Crippen LogP contribution in [-0.4, -0.2) is 18.7 Å². The molecule has 0 saturated heterocycles. The zero-order valence-corrected chi connectivity index (χ0v) is 13.5. The summed E-state index contributed by atoms with van der Waals surface area (Å²) in [4.78, 5) is 25.6. The standard InChI is InChI=1S/C18H12FN5O2/c19-13-7-5-12(6-8-13)11-22-16(25)14-3-1-2-4-15(14)24-17(22)21-23(10-9-20)18(24)26/h1-8H,10-11H2. The molecule has 0 aliphatic carbocycles. The summed E-state index contributed by atoms with van der Waals surface area (Å²) in [7, 11) is 0. The molecule has 0 unspecified atom stereocenters. The smallest absolute Gasteiger partial charge is 0.272 e. The third-order valence-electron chi connectivity index (χ3n) is 4.16. The molecule has 0 spiro atoms. The molecule has 0 saturated carbocycles. The van der Waals surface area contributed by atoms with Crippen molar-refractivity contribution in [2.75, 3.05) is 0 Å². The summed E-state index contributed by atoms with van der Waals surface area (Å²) in [5.74, 6) is -0.238.